The number of aliphatic hydroxyl groups excluding tert-OH is 1. The standard InChI is InChI=1S/C22H30O5/c1-12-14-6-7-18(25)22(5)9-8-19(27-13(2)23)21(3,4)17(22)11-16(24)15(10-14)20(12)26/h10,14,16-17,19,24H,1,6-9,11H2,2-5H3/t14-,16+,17+,19+,22-/m0/s1. The van der Waals surface area contributed by atoms with E-state index in [2.05, 4.69) is 6.58 Å². The second-order valence-electron chi connectivity index (χ2n) is 9.22. The first-order valence-corrected chi connectivity index (χ1v) is 9.82. The summed E-state index contributed by atoms with van der Waals surface area (Å²) in [6.07, 6.45) is 3.02. The first-order valence-electron chi connectivity index (χ1n) is 9.82. The van der Waals surface area contributed by atoms with Crippen molar-refractivity contribution >= 4 is 17.5 Å². The molecule has 0 heterocycles. The summed E-state index contributed by atoms with van der Waals surface area (Å²) >= 11 is 0. The Hall–Kier alpha value is -1.75. The average molecular weight is 374 g/mol. The van der Waals surface area contributed by atoms with E-state index < -0.39 is 16.9 Å². The lowest BCUT2D eigenvalue weighted by atomic mass is 9.52. The van der Waals surface area contributed by atoms with Gasteiger partial charge in [0.15, 0.2) is 5.78 Å². The molecular formula is C22H30O5. The Balaban J connectivity index is 2.02. The molecular weight excluding hydrogens is 344 g/mol. The van der Waals surface area contributed by atoms with Gasteiger partial charge in [0.2, 0.25) is 0 Å². The Morgan fingerprint density at radius 2 is 1.93 bits per heavy atom. The van der Waals surface area contributed by atoms with Crippen molar-refractivity contribution in [3.8, 4) is 0 Å². The first kappa shape index (κ1) is 20.0. The molecule has 3 rings (SSSR count). The number of fused-ring (bicyclic) bond motifs is 2. The highest BCUT2D eigenvalue weighted by atomic mass is 16.5. The highest BCUT2D eigenvalue weighted by Gasteiger charge is 2.56. The second-order valence-corrected chi connectivity index (χ2v) is 9.22. The highest BCUT2D eigenvalue weighted by molar-refractivity contribution is 6.11. The van der Waals surface area contributed by atoms with Crippen LogP contribution in [-0.4, -0.2) is 34.9 Å². The third-order valence-electron chi connectivity index (χ3n) is 7.25. The molecule has 0 unspecified atom stereocenters. The van der Waals surface area contributed by atoms with Crippen LogP contribution >= 0.6 is 0 Å². The molecule has 5 heteroatoms. The quantitative estimate of drug-likeness (QED) is 0.563. The Bertz CT molecular complexity index is 731. The molecule has 0 aliphatic heterocycles. The van der Waals surface area contributed by atoms with Gasteiger partial charge in [-0.3, -0.25) is 14.4 Å². The molecule has 0 aromatic rings. The molecule has 3 aliphatic rings. The smallest absolute Gasteiger partial charge is 0.302 e. The Kier molecular flexibility index (Phi) is 4.96. The van der Waals surface area contributed by atoms with Gasteiger partial charge in [0.05, 0.1) is 6.10 Å². The molecule has 5 nitrogen and oxygen atoms in total. The van der Waals surface area contributed by atoms with Crippen LogP contribution in [0.25, 0.3) is 0 Å². The third-order valence-corrected chi connectivity index (χ3v) is 7.25. The van der Waals surface area contributed by atoms with Crippen molar-refractivity contribution in [2.24, 2.45) is 22.7 Å². The highest BCUT2D eigenvalue weighted by Crippen LogP contribution is 2.56. The summed E-state index contributed by atoms with van der Waals surface area (Å²) in [6.45, 7) is 11.3. The lowest BCUT2D eigenvalue weighted by Gasteiger charge is -2.54. The molecule has 0 spiro atoms. The van der Waals surface area contributed by atoms with Crippen molar-refractivity contribution in [3.63, 3.8) is 0 Å². The number of carbonyl (C=O) groups is 3. The predicted molar refractivity (Wildman–Crippen MR) is 101 cm³/mol. The molecule has 0 saturated heterocycles. The molecule has 0 amide bonds. The van der Waals surface area contributed by atoms with Gasteiger partial charge in [-0.05, 0) is 37.2 Å². The molecule has 1 saturated carbocycles. The molecule has 2 bridgehead atoms. The minimum absolute atomic E-state index is 0.156. The number of hydrogen-bond acceptors (Lipinski definition) is 5. The lowest BCUT2D eigenvalue weighted by Crippen LogP contribution is -2.55. The maximum atomic E-state index is 13.3. The summed E-state index contributed by atoms with van der Waals surface area (Å²) in [7, 11) is 0. The summed E-state index contributed by atoms with van der Waals surface area (Å²) in [5.41, 5.74) is -0.216. The maximum absolute atomic E-state index is 13.3. The number of ketones is 2. The molecule has 5 atom stereocenters. The average Bonchev–Trinajstić information content (AvgIpc) is 2.86. The van der Waals surface area contributed by atoms with Crippen LogP contribution in [0.2, 0.25) is 0 Å². The van der Waals surface area contributed by atoms with Gasteiger partial charge in [-0.1, -0.05) is 33.4 Å². The van der Waals surface area contributed by atoms with Gasteiger partial charge in [0.25, 0.3) is 0 Å². The number of carbonyl (C=O) groups excluding carboxylic acids is 3. The van der Waals surface area contributed by atoms with E-state index >= 15 is 0 Å². The van der Waals surface area contributed by atoms with Crippen LogP contribution in [0.3, 0.4) is 0 Å². The monoisotopic (exact) mass is 374 g/mol. The van der Waals surface area contributed by atoms with E-state index in [1.807, 2.05) is 20.8 Å². The second kappa shape index (κ2) is 6.69. The summed E-state index contributed by atoms with van der Waals surface area (Å²) in [6, 6.07) is 0. The van der Waals surface area contributed by atoms with Crippen LogP contribution in [0.4, 0.5) is 0 Å². The van der Waals surface area contributed by atoms with Gasteiger partial charge < -0.3 is 9.84 Å². The number of Topliss-reactive ketones (excluding diaryl/α,β-unsaturated/α-hetero) is 2. The molecule has 0 radical (unpaired) electrons. The van der Waals surface area contributed by atoms with Crippen molar-refractivity contribution in [1.29, 1.82) is 0 Å². The first-order chi connectivity index (χ1) is 12.5. The number of ether oxygens (including phenoxy) is 1. The fraction of sp³-hybridized carbons (Fsp3) is 0.682. The van der Waals surface area contributed by atoms with Crippen LogP contribution < -0.4 is 0 Å². The van der Waals surface area contributed by atoms with E-state index in [0.717, 1.165) is 0 Å². The topological polar surface area (TPSA) is 80.7 Å². The van der Waals surface area contributed by atoms with Crippen LogP contribution in [-0.2, 0) is 19.1 Å². The number of esters is 1. The van der Waals surface area contributed by atoms with Crippen LogP contribution in [0.1, 0.15) is 59.8 Å². The van der Waals surface area contributed by atoms with Crippen molar-refractivity contribution in [2.75, 3.05) is 0 Å². The fourth-order valence-electron chi connectivity index (χ4n) is 5.52. The van der Waals surface area contributed by atoms with Gasteiger partial charge >= 0.3 is 5.97 Å². The molecule has 3 aliphatic carbocycles. The zero-order chi connectivity index (χ0) is 20.1. The van der Waals surface area contributed by atoms with Gasteiger partial charge in [0.1, 0.15) is 11.9 Å². The minimum atomic E-state index is -0.940. The zero-order valence-electron chi connectivity index (χ0n) is 16.7. The number of aliphatic hydroxyl groups is 1. The Morgan fingerprint density at radius 3 is 2.56 bits per heavy atom. The third kappa shape index (κ3) is 3.20. The summed E-state index contributed by atoms with van der Waals surface area (Å²) in [5.74, 6) is -0.718. The number of allylic oxidation sites excluding steroid dienone is 2. The van der Waals surface area contributed by atoms with E-state index in [1.54, 1.807) is 6.08 Å². The largest absolute Gasteiger partial charge is 0.462 e. The van der Waals surface area contributed by atoms with Gasteiger partial charge in [-0.2, -0.15) is 0 Å². The van der Waals surface area contributed by atoms with Gasteiger partial charge in [-0.15, -0.1) is 0 Å². The van der Waals surface area contributed by atoms with Gasteiger partial charge in [0, 0.05) is 35.7 Å². The van der Waals surface area contributed by atoms with E-state index in [9.17, 15) is 19.5 Å². The van der Waals surface area contributed by atoms with Crippen LogP contribution in [0.15, 0.2) is 23.8 Å². The van der Waals surface area contributed by atoms with Crippen LogP contribution in [0.5, 0.6) is 0 Å². The lowest BCUT2D eigenvalue weighted by molar-refractivity contribution is -0.173. The van der Waals surface area contributed by atoms with Crippen molar-refractivity contribution in [3.05, 3.63) is 23.8 Å². The summed E-state index contributed by atoms with van der Waals surface area (Å²) < 4.78 is 5.57. The maximum Gasteiger partial charge on any atom is 0.302 e. The van der Waals surface area contributed by atoms with E-state index in [1.165, 1.54) is 6.92 Å². The minimum Gasteiger partial charge on any atom is -0.462 e. The summed E-state index contributed by atoms with van der Waals surface area (Å²) in [5, 5.41) is 10.9. The Morgan fingerprint density at radius 1 is 1.26 bits per heavy atom. The fourth-order valence-corrected chi connectivity index (χ4v) is 5.52. The predicted octanol–water partition coefficient (Wildman–Crippen LogP) is 3.16. The summed E-state index contributed by atoms with van der Waals surface area (Å²) in [4.78, 5) is 37.4. The number of hydrogen-bond donors (Lipinski definition) is 1. The van der Waals surface area contributed by atoms with Crippen molar-refractivity contribution in [1.82, 2.24) is 0 Å². The number of rotatable bonds is 1. The molecule has 1 fully saturated rings. The van der Waals surface area contributed by atoms with E-state index in [0.29, 0.717) is 43.3 Å². The SMILES string of the molecule is C=C1C(=O)C2=C[C@@H]1CCC(=O)[C@@]1(C)CC[C@@H](OC(C)=O)C(C)(C)[C@H]1C[C@H]2O. The van der Waals surface area contributed by atoms with E-state index in [-0.39, 0.29) is 35.5 Å². The van der Waals surface area contributed by atoms with Gasteiger partial charge in [-0.25, -0.2) is 0 Å². The zero-order valence-corrected chi connectivity index (χ0v) is 16.7. The molecule has 1 N–H and O–H groups in total. The van der Waals surface area contributed by atoms with Crippen LogP contribution in [0, 0.1) is 22.7 Å². The normalized spacial score (nSPS) is 38.9. The van der Waals surface area contributed by atoms with Crippen molar-refractivity contribution in [2.45, 2.75) is 72.0 Å². The van der Waals surface area contributed by atoms with Crippen molar-refractivity contribution < 1.29 is 24.2 Å². The molecule has 27 heavy (non-hydrogen) atoms. The molecule has 148 valence electrons. The molecule has 0 aromatic carbocycles. The Labute approximate surface area is 160 Å². The molecule has 0 aromatic heterocycles. The van der Waals surface area contributed by atoms with E-state index in [4.69, 9.17) is 4.74 Å².